The molecule has 7 aromatic rings. The van der Waals surface area contributed by atoms with Crippen LogP contribution in [0.25, 0.3) is 65.7 Å². The number of nitrogens with zero attached hydrogens (tertiary/aromatic N) is 1. The van der Waals surface area contributed by atoms with E-state index in [9.17, 15) is 5.26 Å². The van der Waals surface area contributed by atoms with Gasteiger partial charge in [-0.25, -0.2) is 0 Å². The molecule has 1 aliphatic rings. The number of benzene rings is 7. The third kappa shape index (κ3) is 3.48. The van der Waals surface area contributed by atoms with Crippen LogP contribution in [0.1, 0.15) is 30.5 Å². The Morgan fingerprint density at radius 1 is 0.488 bits per heavy atom. The highest BCUT2D eigenvalue weighted by atomic mass is 14.4. The predicted octanol–water partition coefficient (Wildman–Crippen LogP) is 10.7. The van der Waals surface area contributed by atoms with Crippen LogP contribution in [-0.2, 0) is 5.41 Å². The van der Waals surface area contributed by atoms with Gasteiger partial charge in [0.2, 0.25) is 0 Å². The topological polar surface area (TPSA) is 23.8 Å². The molecule has 0 bridgehead atoms. The molecule has 1 heteroatoms. The summed E-state index contributed by atoms with van der Waals surface area (Å²) >= 11 is 0. The van der Waals surface area contributed by atoms with Crippen molar-refractivity contribution in [2.24, 2.45) is 0 Å². The second-order valence-corrected chi connectivity index (χ2v) is 11.7. The first kappa shape index (κ1) is 23.7. The van der Waals surface area contributed by atoms with Crippen LogP contribution in [0.4, 0.5) is 0 Å². The van der Waals surface area contributed by atoms with E-state index in [1.807, 2.05) is 18.2 Å². The molecule has 1 nitrogen and oxygen atoms in total. The SMILES string of the molecule is CC1(C)c2cc(-c3cccc(C#N)c3)ccc2-c2ccc(-c3cc4ccc5ccccc5c4c4ccccc34)cc21. The molecule has 0 aromatic heterocycles. The van der Waals surface area contributed by atoms with Crippen molar-refractivity contribution in [3.8, 4) is 39.4 Å². The highest BCUT2D eigenvalue weighted by Gasteiger charge is 2.36. The number of fused-ring (bicyclic) bond motifs is 8. The van der Waals surface area contributed by atoms with E-state index in [4.69, 9.17) is 0 Å². The van der Waals surface area contributed by atoms with Gasteiger partial charge in [-0.15, -0.1) is 0 Å². The van der Waals surface area contributed by atoms with Crippen molar-refractivity contribution < 1.29 is 0 Å². The van der Waals surface area contributed by atoms with Crippen LogP contribution in [0, 0.1) is 11.3 Å². The normalized spacial score (nSPS) is 13.3. The Bertz CT molecular complexity index is 2240. The first-order valence-electron chi connectivity index (χ1n) is 14.2. The maximum absolute atomic E-state index is 9.41. The van der Waals surface area contributed by atoms with E-state index in [-0.39, 0.29) is 5.41 Å². The van der Waals surface area contributed by atoms with E-state index in [1.54, 1.807) is 0 Å². The molecule has 0 saturated carbocycles. The van der Waals surface area contributed by atoms with Gasteiger partial charge in [0.05, 0.1) is 11.6 Å². The molecule has 0 fully saturated rings. The quantitative estimate of drug-likeness (QED) is 0.208. The molecule has 0 unspecified atom stereocenters. The van der Waals surface area contributed by atoms with Gasteiger partial charge in [0, 0.05) is 5.41 Å². The molecular weight excluding hydrogens is 494 g/mol. The zero-order valence-electron chi connectivity index (χ0n) is 23.1. The first-order chi connectivity index (χ1) is 20.0. The Morgan fingerprint density at radius 2 is 1.12 bits per heavy atom. The molecule has 0 spiro atoms. The number of rotatable bonds is 2. The second kappa shape index (κ2) is 8.65. The number of hydrogen-bond donors (Lipinski definition) is 0. The third-order valence-electron chi connectivity index (χ3n) is 9.06. The molecule has 0 aliphatic heterocycles. The highest BCUT2D eigenvalue weighted by Crippen LogP contribution is 2.51. The van der Waals surface area contributed by atoms with Crippen LogP contribution in [-0.4, -0.2) is 0 Å². The lowest BCUT2D eigenvalue weighted by atomic mass is 9.80. The fourth-order valence-corrected chi connectivity index (χ4v) is 6.97. The van der Waals surface area contributed by atoms with Crippen molar-refractivity contribution in [3.05, 3.63) is 144 Å². The van der Waals surface area contributed by atoms with Crippen LogP contribution < -0.4 is 0 Å². The van der Waals surface area contributed by atoms with Crippen molar-refractivity contribution in [2.45, 2.75) is 19.3 Å². The van der Waals surface area contributed by atoms with Crippen LogP contribution in [0.2, 0.25) is 0 Å². The van der Waals surface area contributed by atoms with Crippen molar-refractivity contribution in [1.29, 1.82) is 5.26 Å². The number of hydrogen-bond acceptors (Lipinski definition) is 1. The van der Waals surface area contributed by atoms with E-state index in [0.717, 1.165) is 11.1 Å². The van der Waals surface area contributed by atoms with E-state index in [2.05, 4.69) is 129 Å². The predicted molar refractivity (Wildman–Crippen MR) is 172 cm³/mol. The molecule has 0 heterocycles. The van der Waals surface area contributed by atoms with Gasteiger partial charge >= 0.3 is 0 Å². The lowest BCUT2D eigenvalue weighted by molar-refractivity contribution is 0.661. The van der Waals surface area contributed by atoms with Crippen LogP contribution in [0.3, 0.4) is 0 Å². The number of nitriles is 1. The van der Waals surface area contributed by atoms with Crippen LogP contribution in [0.15, 0.2) is 127 Å². The Kier molecular flexibility index (Phi) is 5.00. The molecule has 7 aromatic carbocycles. The smallest absolute Gasteiger partial charge is 0.0991 e. The summed E-state index contributed by atoms with van der Waals surface area (Å²) in [6.45, 7) is 4.67. The Morgan fingerprint density at radius 3 is 1.90 bits per heavy atom. The van der Waals surface area contributed by atoms with Gasteiger partial charge in [0.15, 0.2) is 0 Å². The van der Waals surface area contributed by atoms with Crippen molar-refractivity contribution in [1.82, 2.24) is 0 Å². The van der Waals surface area contributed by atoms with Gasteiger partial charge in [-0.3, -0.25) is 0 Å². The molecule has 8 rings (SSSR count). The fourth-order valence-electron chi connectivity index (χ4n) is 6.97. The zero-order valence-corrected chi connectivity index (χ0v) is 23.1. The molecule has 0 amide bonds. The zero-order chi connectivity index (χ0) is 27.7. The van der Waals surface area contributed by atoms with Crippen LogP contribution >= 0.6 is 0 Å². The average molecular weight is 522 g/mol. The van der Waals surface area contributed by atoms with E-state index < -0.39 is 0 Å². The largest absolute Gasteiger partial charge is 0.192 e. The Labute approximate surface area is 239 Å². The lowest BCUT2D eigenvalue weighted by Gasteiger charge is -2.23. The maximum atomic E-state index is 9.41. The Balaban J connectivity index is 1.31. The molecule has 0 saturated heterocycles. The highest BCUT2D eigenvalue weighted by molar-refractivity contribution is 6.23. The monoisotopic (exact) mass is 521 g/mol. The summed E-state index contributed by atoms with van der Waals surface area (Å²) < 4.78 is 0. The van der Waals surface area contributed by atoms with Crippen molar-refractivity contribution in [2.75, 3.05) is 0 Å². The van der Waals surface area contributed by atoms with Crippen LogP contribution in [0.5, 0.6) is 0 Å². The summed E-state index contributed by atoms with van der Waals surface area (Å²) in [6.07, 6.45) is 0. The summed E-state index contributed by atoms with van der Waals surface area (Å²) in [5.41, 5.74) is 10.6. The van der Waals surface area contributed by atoms with E-state index in [1.165, 1.54) is 65.7 Å². The standard InChI is InChI=1S/C40H27N/c1-40(2)37-22-28(27-10-7-8-25(20-27)24-41)16-18-33(37)34-19-17-29(23-38(34)40)36-21-30-15-14-26-9-3-4-11-31(26)39(30)35-13-6-5-12-32(35)36/h3-23H,1-2H3. The van der Waals surface area contributed by atoms with Crippen molar-refractivity contribution in [3.63, 3.8) is 0 Å². The van der Waals surface area contributed by atoms with Gasteiger partial charge < -0.3 is 0 Å². The molecular formula is C40H27N. The van der Waals surface area contributed by atoms with E-state index in [0.29, 0.717) is 5.56 Å². The molecule has 0 N–H and O–H groups in total. The second-order valence-electron chi connectivity index (χ2n) is 11.7. The summed E-state index contributed by atoms with van der Waals surface area (Å²) in [7, 11) is 0. The average Bonchev–Trinajstić information content (AvgIpc) is 3.25. The first-order valence-corrected chi connectivity index (χ1v) is 14.2. The minimum atomic E-state index is -0.146. The fraction of sp³-hybridized carbons (Fsp3) is 0.0750. The van der Waals surface area contributed by atoms with Gasteiger partial charge in [0.1, 0.15) is 0 Å². The van der Waals surface area contributed by atoms with Gasteiger partial charge in [-0.1, -0.05) is 111 Å². The van der Waals surface area contributed by atoms with Gasteiger partial charge in [0.25, 0.3) is 0 Å². The van der Waals surface area contributed by atoms with Gasteiger partial charge in [-0.2, -0.15) is 5.26 Å². The molecule has 41 heavy (non-hydrogen) atoms. The van der Waals surface area contributed by atoms with Crippen molar-refractivity contribution >= 4 is 32.3 Å². The summed E-state index contributed by atoms with van der Waals surface area (Å²) in [5, 5.41) is 17.1. The lowest BCUT2D eigenvalue weighted by Crippen LogP contribution is -2.15. The third-order valence-corrected chi connectivity index (χ3v) is 9.06. The summed E-state index contributed by atoms with van der Waals surface area (Å²) in [6, 6.07) is 48.4. The molecule has 0 radical (unpaired) electrons. The minimum Gasteiger partial charge on any atom is -0.192 e. The maximum Gasteiger partial charge on any atom is 0.0991 e. The van der Waals surface area contributed by atoms with Gasteiger partial charge in [-0.05, 0) is 107 Å². The molecule has 0 atom stereocenters. The molecule has 192 valence electrons. The molecule has 1 aliphatic carbocycles. The summed E-state index contributed by atoms with van der Waals surface area (Å²) in [4.78, 5) is 0. The Hall–Kier alpha value is -5.19. The minimum absolute atomic E-state index is 0.146. The summed E-state index contributed by atoms with van der Waals surface area (Å²) in [5.74, 6) is 0. The van der Waals surface area contributed by atoms with E-state index >= 15 is 0 Å².